The number of rotatable bonds is 2. The van der Waals surface area contributed by atoms with Crippen molar-refractivity contribution in [1.29, 1.82) is 0 Å². The number of aliphatic hydroxyl groups excluding tert-OH is 1. The minimum atomic E-state index is -0.727. The number of allylic oxidation sites excluding steroid dienone is 2. The van der Waals surface area contributed by atoms with Crippen molar-refractivity contribution in [2.75, 3.05) is 0 Å². The van der Waals surface area contributed by atoms with Crippen LogP contribution in [0.25, 0.3) is 0 Å². The molecule has 0 atom stereocenters. The summed E-state index contributed by atoms with van der Waals surface area (Å²) in [6.45, 7) is 0. The molecule has 0 aromatic carbocycles. The van der Waals surface area contributed by atoms with Crippen LogP contribution in [0.5, 0.6) is 0 Å². The van der Waals surface area contributed by atoms with Crippen LogP contribution in [0.1, 0.15) is 0 Å². The standard InChI is InChI=1S/C4H2O3/c5-2-1-4(7)3-6/h1,7H/b4-1+. The van der Waals surface area contributed by atoms with Gasteiger partial charge in [-0.25, -0.2) is 0 Å². The van der Waals surface area contributed by atoms with Crippen LogP contribution < -0.4 is 0 Å². The van der Waals surface area contributed by atoms with Gasteiger partial charge in [0, 0.05) is 6.08 Å². The Hall–Kier alpha value is -1.12. The Morgan fingerprint density at radius 2 is 2.14 bits per heavy atom. The largest absolute Gasteiger partial charge is 0.504 e. The first-order chi connectivity index (χ1) is 3.31. The zero-order valence-corrected chi connectivity index (χ0v) is 3.34. The summed E-state index contributed by atoms with van der Waals surface area (Å²) in [6.07, 6.45) is 2.85. The van der Waals surface area contributed by atoms with E-state index in [0.29, 0.717) is 6.08 Å². The summed E-state index contributed by atoms with van der Waals surface area (Å²) >= 11 is 0. The molecule has 0 bridgehead atoms. The zero-order valence-electron chi connectivity index (χ0n) is 3.34. The van der Waals surface area contributed by atoms with Crippen molar-refractivity contribution in [2.45, 2.75) is 0 Å². The molecule has 0 fully saturated rings. The number of hydrogen-bond acceptors (Lipinski definition) is 3. The van der Waals surface area contributed by atoms with Crippen molar-refractivity contribution >= 4 is 12.6 Å². The highest BCUT2D eigenvalue weighted by molar-refractivity contribution is 5.79. The van der Waals surface area contributed by atoms with E-state index in [1.807, 2.05) is 0 Å². The Morgan fingerprint density at radius 3 is 2.29 bits per heavy atom. The van der Waals surface area contributed by atoms with Gasteiger partial charge in [-0.05, 0) is 0 Å². The van der Waals surface area contributed by atoms with E-state index >= 15 is 0 Å². The average molecular weight is 98.1 g/mol. The van der Waals surface area contributed by atoms with Gasteiger partial charge >= 0.3 is 0 Å². The molecule has 0 heterocycles. The third kappa shape index (κ3) is 2.69. The van der Waals surface area contributed by atoms with E-state index in [-0.39, 0.29) is 0 Å². The van der Waals surface area contributed by atoms with E-state index in [1.165, 1.54) is 6.29 Å². The molecule has 1 N–H and O–H groups in total. The van der Waals surface area contributed by atoms with Crippen LogP contribution in [0.3, 0.4) is 0 Å². The Bertz CT molecular complexity index is 104. The molecule has 7 heavy (non-hydrogen) atoms. The molecule has 0 amide bonds. The van der Waals surface area contributed by atoms with E-state index in [2.05, 4.69) is 0 Å². The summed E-state index contributed by atoms with van der Waals surface area (Å²) in [4.78, 5) is 18.5. The summed E-state index contributed by atoms with van der Waals surface area (Å²) in [7, 11) is 0. The molecule has 3 nitrogen and oxygen atoms in total. The van der Waals surface area contributed by atoms with Crippen LogP contribution in [0, 0.1) is 0 Å². The van der Waals surface area contributed by atoms with Gasteiger partial charge in [-0.3, -0.25) is 9.59 Å². The predicted octanol–water partition coefficient (Wildman–Crippen LogP) is -0.352. The molecule has 0 saturated heterocycles. The third-order valence-corrected chi connectivity index (χ3v) is 0.300. The zero-order chi connectivity index (χ0) is 5.70. The lowest BCUT2D eigenvalue weighted by Gasteiger charge is -1.71. The molecule has 0 aliphatic carbocycles. The Balaban J connectivity index is 3.72. The maximum Gasteiger partial charge on any atom is 0.271 e. The first-order valence-corrected chi connectivity index (χ1v) is 1.46. The Kier molecular flexibility index (Phi) is 2.59. The fourth-order valence-corrected chi connectivity index (χ4v) is 0.0853. The smallest absolute Gasteiger partial charge is 0.271 e. The molecule has 0 aromatic heterocycles. The number of carbonyl (C=O) groups excluding carboxylic acids is 2. The van der Waals surface area contributed by atoms with E-state index < -0.39 is 5.76 Å². The second-order valence-electron chi connectivity index (χ2n) is 0.749. The average Bonchev–Trinajstić information content (AvgIpc) is 1.68. The van der Waals surface area contributed by atoms with Crippen molar-refractivity contribution in [2.24, 2.45) is 0 Å². The molecule has 2 radical (unpaired) electrons. The van der Waals surface area contributed by atoms with Crippen LogP contribution >= 0.6 is 0 Å². The van der Waals surface area contributed by atoms with Gasteiger partial charge in [0.05, 0.1) is 0 Å². The second-order valence-corrected chi connectivity index (χ2v) is 0.749. The quantitative estimate of drug-likeness (QED) is 0.379. The summed E-state index contributed by atoms with van der Waals surface area (Å²) in [5.74, 6) is -0.727. The van der Waals surface area contributed by atoms with Crippen molar-refractivity contribution in [1.82, 2.24) is 0 Å². The van der Waals surface area contributed by atoms with Crippen molar-refractivity contribution in [3.8, 4) is 0 Å². The highest BCUT2D eigenvalue weighted by atomic mass is 16.3. The molecule has 0 spiro atoms. The summed E-state index contributed by atoms with van der Waals surface area (Å²) in [5, 5.41) is 8.03. The minimum Gasteiger partial charge on any atom is -0.504 e. The first kappa shape index (κ1) is 5.88. The molecule has 0 aliphatic rings. The molecule has 36 valence electrons. The summed E-state index contributed by atoms with van der Waals surface area (Å²) in [6, 6.07) is 0. The molecule has 0 unspecified atom stereocenters. The lowest BCUT2D eigenvalue weighted by Crippen LogP contribution is -1.79. The van der Waals surface area contributed by atoms with Crippen molar-refractivity contribution in [3.05, 3.63) is 11.8 Å². The monoisotopic (exact) mass is 98.0 g/mol. The molecule has 3 heteroatoms. The molecular weight excluding hydrogens is 96.0 g/mol. The molecule has 0 rings (SSSR count). The number of hydrogen-bond donors (Lipinski definition) is 1. The summed E-state index contributed by atoms with van der Waals surface area (Å²) < 4.78 is 0. The molecule has 0 saturated carbocycles. The van der Waals surface area contributed by atoms with Crippen molar-refractivity contribution in [3.63, 3.8) is 0 Å². The van der Waals surface area contributed by atoms with E-state index in [1.54, 1.807) is 0 Å². The van der Waals surface area contributed by atoms with Gasteiger partial charge in [-0.2, -0.15) is 0 Å². The fraction of sp³-hybridized carbons (Fsp3) is 0. The van der Waals surface area contributed by atoms with E-state index in [0.717, 1.165) is 6.29 Å². The summed E-state index contributed by atoms with van der Waals surface area (Å²) in [5.41, 5.74) is 0. The van der Waals surface area contributed by atoms with Gasteiger partial charge in [0.25, 0.3) is 6.29 Å². The maximum atomic E-state index is 9.27. The van der Waals surface area contributed by atoms with Gasteiger partial charge in [-0.1, -0.05) is 0 Å². The van der Waals surface area contributed by atoms with Gasteiger partial charge < -0.3 is 5.11 Å². The van der Waals surface area contributed by atoms with Crippen LogP contribution in [-0.2, 0) is 9.59 Å². The van der Waals surface area contributed by atoms with Gasteiger partial charge in [0.2, 0.25) is 6.29 Å². The van der Waals surface area contributed by atoms with Crippen molar-refractivity contribution < 1.29 is 14.7 Å². The molecule has 0 aromatic rings. The Morgan fingerprint density at radius 1 is 1.57 bits per heavy atom. The second kappa shape index (κ2) is 3.08. The topological polar surface area (TPSA) is 54.4 Å². The van der Waals surface area contributed by atoms with Crippen LogP contribution in [0.2, 0.25) is 0 Å². The lowest BCUT2D eigenvalue weighted by molar-refractivity contribution is 0.428. The van der Waals surface area contributed by atoms with Gasteiger partial charge in [-0.15, -0.1) is 0 Å². The number of aliphatic hydroxyl groups is 1. The van der Waals surface area contributed by atoms with E-state index in [4.69, 9.17) is 5.11 Å². The highest BCUT2D eigenvalue weighted by Gasteiger charge is 1.83. The fourth-order valence-electron chi connectivity index (χ4n) is 0.0853. The Labute approximate surface area is 40.3 Å². The van der Waals surface area contributed by atoms with E-state index in [9.17, 15) is 9.59 Å². The van der Waals surface area contributed by atoms with Crippen LogP contribution in [-0.4, -0.2) is 17.7 Å². The van der Waals surface area contributed by atoms with Gasteiger partial charge in [0.15, 0.2) is 5.76 Å². The lowest BCUT2D eigenvalue weighted by atomic mass is 10.5. The molecule has 0 aliphatic heterocycles. The predicted molar refractivity (Wildman–Crippen MR) is 22.1 cm³/mol. The SMILES string of the molecule is O=[C]/C=C(/O)[C]=O. The first-order valence-electron chi connectivity index (χ1n) is 1.46. The van der Waals surface area contributed by atoms with Crippen LogP contribution in [0.15, 0.2) is 11.8 Å². The third-order valence-electron chi connectivity index (χ3n) is 0.300. The molecular formula is C4H2O3. The van der Waals surface area contributed by atoms with Crippen LogP contribution in [0.4, 0.5) is 0 Å². The van der Waals surface area contributed by atoms with Gasteiger partial charge in [0.1, 0.15) is 0 Å². The minimum absolute atomic E-state index is 0.590. The normalized spacial score (nSPS) is 10.6. The maximum absolute atomic E-state index is 9.27. The highest BCUT2D eigenvalue weighted by Crippen LogP contribution is 1.73.